The Labute approximate surface area is 125 Å². The van der Waals surface area contributed by atoms with Crippen LogP contribution >= 0.6 is 0 Å². The predicted molar refractivity (Wildman–Crippen MR) is 85.1 cm³/mol. The summed E-state index contributed by atoms with van der Waals surface area (Å²) in [5.74, 6) is -0.279. The van der Waals surface area contributed by atoms with Crippen molar-refractivity contribution in [2.45, 2.75) is 33.4 Å². The highest BCUT2D eigenvalue weighted by Gasteiger charge is 2.15. The second kappa shape index (κ2) is 6.27. The van der Waals surface area contributed by atoms with E-state index in [0.717, 1.165) is 5.69 Å². The maximum absolute atomic E-state index is 13.7. The highest BCUT2D eigenvalue weighted by molar-refractivity contribution is 5.56. The molecule has 21 heavy (non-hydrogen) atoms. The van der Waals surface area contributed by atoms with E-state index in [1.807, 2.05) is 18.0 Å². The molecule has 1 atom stereocenters. The number of hydrogen-bond donors (Lipinski definition) is 1. The SMILES string of the molecule is Cc1cccc(CN(C)c2cc(C)c(F)cc2[C@@H](C)O)c1. The molecule has 0 saturated carbocycles. The molecule has 0 unspecified atom stereocenters. The van der Waals surface area contributed by atoms with E-state index < -0.39 is 6.10 Å². The number of anilines is 1. The molecule has 3 heteroatoms. The van der Waals surface area contributed by atoms with Crippen molar-refractivity contribution in [3.8, 4) is 0 Å². The van der Waals surface area contributed by atoms with Crippen LogP contribution in [-0.2, 0) is 6.54 Å². The van der Waals surface area contributed by atoms with Gasteiger partial charge in [-0.2, -0.15) is 0 Å². The summed E-state index contributed by atoms with van der Waals surface area (Å²) in [6.45, 7) is 6.18. The van der Waals surface area contributed by atoms with Crippen LogP contribution in [0, 0.1) is 19.7 Å². The van der Waals surface area contributed by atoms with Gasteiger partial charge in [-0.3, -0.25) is 0 Å². The van der Waals surface area contributed by atoms with E-state index in [1.54, 1.807) is 19.9 Å². The lowest BCUT2D eigenvalue weighted by molar-refractivity contribution is 0.199. The van der Waals surface area contributed by atoms with Crippen LogP contribution in [0.15, 0.2) is 36.4 Å². The van der Waals surface area contributed by atoms with Gasteiger partial charge >= 0.3 is 0 Å². The van der Waals surface area contributed by atoms with Gasteiger partial charge in [0.05, 0.1) is 6.10 Å². The van der Waals surface area contributed by atoms with Crippen molar-refractivity contribution in [1.82, 2.24) is 0 Å². The minimum Gasteiger partial charge on any atom is -0.389 e. The number of nitrogens with zero attached hydrogens (tertiary/aromatic N) is 1. The predicted octanol–water partition coefficient (Wildman–Crippen LogP) is 4.13. The lowest BCUT2D eigenvalue weighted by Crippen LogP contribution is -2.19. The zero-order chi connectivity index (χ0) is 15.6. The second-order valence-corrected chi connectivity index (χ2v) is 5.68. The van der Waals surface area contributed by atoms with Crippen LogP contribution < -0.4 is 4.90 Å². The van der Waals surface area contributed by atoms with E-state index in [1.165, 1.54) is 17.2 Å². The average Bonchev–Trinajstić information content (AvgIpc) is 2.41. The first kappa shape index (κ1) is 15.5. The Balaban J connectivity index is 2.34. The maximum Gasteiger partial charge on any atom is 0.126 e. The molecule has 0 spiro atoms. The summed E-state index contributed by atoms with van der Waals surface area (Å²) in [6.07, 6.45) is -0.699. The fourth-order valence-corrected chi connectivity index (χ4v) is 2.52. The largest absolute Gasteiger partial charge is 0.389 e. The average molecular weight is 287 g/mol. The van der Waals surface area contributed by atoms with Crippen molar-refractivity contribution >= 4 is 5.69 Å². The smallest absolute Gasteiger partial charge is 0.126 e. The monoisotopic (exact) mass is 287 g/mol. The number of hydrogen-bond acceptors (Lipinski definition) is 2. The van der Waals surface area contributed by atoms with E-state index in [4.69, 9.17) is 0 Å². The fraction of sp³-hybridized carbons (Fsp3) is 0.333. The lowest BCUT2D eigenvalue weighted by Gasteiger charge is -2.25. The van der Waals surface area contributed by atoms with Crippen LogP contribution in [0.1, 0.15) is 35.3 Å². The van der Waals surface area contributed by atoms with Crippen LogP contribution in [0.5, 0.6) is 0 Å². The molecule has 0 aliphatic heterocycles. The van der Waals surface area contributed by atoms with Gasteiger partial charge in [-0.1, -0.05) is 29.8 Å². The molecule has 2 rings (SSSR count). The molecule has 0 aliphatic carbocycles. The van der Waals surface area contributed by atoms with Gasteiger partial charge in [0.2, 0.25) is 0 Å². The molecule has 0 heterocycles. The van der Waals surface area contributed by atoms with Crippen molar-refractivity contribution in [3.05, 3.63) is 64.5 Å². The van der Waals surface area contributed by atoms with Gasteiger partial charge in [0.1, 0.15) is 5.82 Å². The van der Waals surface area contributed by atoms with E-state index >= 15 is 0 Å². The molecule has 2 nitrogen and oxygen atoms in total. The molecule has 0 radical (unpaired) electrons. The Bertz CT molecular complexity index is 637. The van der Waals surface area contributed by atoms with Crippen LogP contribution in [0.4, 0.5) is 10.1 Å². The minimum absolute atomic E-state index is 0.279. The highest BCUT2D eigenvalue weighted by atomic mass is 19.1. The highest BCUT2D eigenvalue weighted by Crippen LogP contribution is 2.29. The van der Waals surface area contributed by atoms with Crippen molar-refractivity contribution in [2.75, 3.05) is 11.9 Å². The number of aliphatic hydroxyl groups excluding tert-OH is 1. The molecule has 0 bridgehead atoms. The Hall–Kier alpha value is -1.87. The zero-order valence-electron chi connectivity index (χ0n) is 13.0. The minimum atomic E-state index is -0.699. The van der Waals surface area contributed by atoms with Gasteiger partial charge in [0.25, 0.3) is 0 Å². The van der Waals surface area contributed by atoms with E-state index in [2.05, 4.69) is 25.1 Å². The number of aryl methyl sites for hydroxylation is 2. The molecule has 1 N–H and O–H groups in total. The molecule has 2 aromatic carbocycles. The number of aliphatic hydroxyl groups is 1. The lowest BCUT2D eigenvalue weighted by atomic mass is 10.0. The fourth-order valence-electron chi connectivity index (χ4n) is 2.52. The standard InChI is InChI=1S/C18H22FNO/c1-12-6-5-7-15(8-12)11-20(4)18-9-13(2)17(19)10-16(18)14(3)21/h5-10,14,21H,11H2,1-4H3/t14-/m1/s1. The summed E-state index contributed by atoms with van der Waals surface area (Å²) in [6, 6.07) is 11.5. The summed E-state index contributed by atoms with van der Waals surface area (Å²) >= 11 is 0. The maximum atomic E-state index is 13.7. The van der Waals surface area contributed by atoms with Crippen LogP contribution in [0.3, 0.4) is 0 Å². The van der Waals surface area contributed by atoms with Crippen LogP contribution in [-0.4, -0.2) is 12.2 Å². The molecular weight excluding hydrogens is 265 g/mol. The van der Waals surface area contributed by atoms with Crippen LogP contribution in [0.2, 0.25) is 0 Å². The molecule has 0 fully saturated rings. The quantitative estimate of drug-likeness (QED) is 0.914. The molecule has 0 amide bonds. The summed E-state index contributed by atoms with van der Waals surface area (Å²) in [5.41, 5.74) is 4.48. The van der Waals surface area contributed by atoms with Crippen molar-refractivity contribution in [1.29, 1.82) is 0 Å². The Morgan fingerprint density at radius 1 is 1.19 bits per heavy atom. The van der Waals surface area contributed by atoms with E-state index in [0.29, 0.717) is 17.7 Å². The Kier molecular flexibility index (Phi) is 4.63. The molecule has 0 aromatic heterocycles. The number of rotatable bonds is 4. The molecular formula is C18H22FNO. The van der Waals surface area contributed by atoms with Crippen molar-refractivity contribution in [2.24, 2.45) is 0 Å². The topological polar surface area (TPSA) is 23.5 Å². The normalized spacial score (nSPS) is 12.3. The van der Waals surface area contributed by atoms with E-state index in [-0.39, 0.29) is 5.82 Å². The summed E-state index contributed by atoms with van der Waals surface area (Å²) in [4.78, 5) is 2.04. The van der Waals surface area contributed by atoms with Crippen molar-refractivity contribution < 1.29 is 9.50 Å². The van der Waals surface area contributed by atoms with Crippen LogP contribution in [0.25, 0.3) is 0 Å². The van der Waals surface area contributed by atoms with Gasteiger partial charge in [-0.15, -0.1) is 0 Å². The van der Waals surface area contributed by atoms with Gasteiger partial charge in [-0.25, -0.2) is 4.39 Å². The summed E-state index contributed by atoms with van der Waals surface area (Å²) < 4.78 is 13.7. The first-order valence-electron chi connectivity index (χ1n) is 7.13. The summed E-state index contributed by atoms with van der Waals surface area (Å²) in [5, 5.41) is 9.89. The molecule has 0 aliphatic rings. The third-order valence-electron chi connectivity index (χ3n) is 3.67. The third-order valence-corrected chi connectivity index (χ3v) is 3.67. The first-order chi connectivity index (χ1) is 9.88. The Morgan fingerprint density at radius 2 is 1.90 bits per heavy atom. The summed E-state index contributed by atoms with van der Waals surface area (Å²) in [7, 11) is 1.96. The van der Waals surface area contributed by atoms with Gasteiger partial charge < -0.3 is 10.0 Å². The second-order valence-electron chi connectivity index (χ2n) is 5.68. The third kappa shape index (κ3) is 3.61. The number of benzene rings is 2. The van der Waals surface area contributed by atoms with E-state index in [9.17, 15) is 9.50 Å². The van der Waals surface area contributed by atoms with Crippen molar-refractivity contribution in [3.63, 3.8) is 0 Å². The number of halogens is 1. The molecule has 2 aromatic rings. The zero-order valence-corrected chi connectivity index (χ0v) is 13.0. The van der Waals surface area contributed by atoms with Gasteiger partial charge in [-0.05, 0) is 44.0 Å². The first-order valence-corrected chi connectivity index (χ1v) is 7.13. The van der Waals surface area contributed by atoms with Gasteiger partial charge in [0, 0.05) is 24.8 Å². The molecule has 112 valence electrons. The van der Waals surface area contributed by atoms with Gasteiger partial charge in [0.15, 0.2) is 0 Å². The molecule has 0 saturated heterocycles. The Morgan fingerprint density at radius 3 is 2.52 bits per heavy atom.